The third kappa shape index (κ3) is 1.98. The van der Waals surface area contributed by atoms with Crippen molar-refractivity contribution in [2.75, 3.05) is 11.4 Å². The number of carbonyl (C=O) groups excluding carboxylic acids is 2. The highest BCUT2D eigenvalue weighted by Crippen LogP contribution is 2.44. The number of anilines is 1. The average molecular weight is 320 g/mol. The van der Waals surface area contributed by atoms with Gasteiger partial charge in [-0.25, -0.2) is 0 Å². The highest BCUT2D eigenvalue weighted by Gasteiger charge is 2.40. The van der Waals surface area contributed by atoms with E-state index in [1.807, 2.05) is 36.4 Å². The smallest absolute Gasteiger partial charge is 0.259 e. The van der Waals surface area contributed by atoms with Crippen LogP contribution in [0.2, 0.25) is 0 Å². The Morgan fingerprint density at radius 3 is 2.71 bits per heavy atom. The zero-order valence-corrected chi connectivity index (χ0v) is 13.5. The number of amides is 2. The minimum Gasteiger partial charge on any atom is -0.352 e. The normalized spacial score (nSPS) is 27.2. The second-order valence-electron chi connectivity index (χ2n) is 7.42. The van der Waals surface area contributed by atoms with E-state index in [0.29, 0.717) is 17.5 Å². The molecular weight excluding hydrogens is 300 g/mol. The van der Waals surface area contributed by atoms with E-state index in [0.717, 1.165) is 28.8 Å². The van der Waals surface area contributed by atoms with Crippen LogP contribution in [0.1, 0.15) is 36.0 Å². The standard InChI is InChI=1S/C20H20N2O2/c23-18(21-16-10-12-7-8-14(16)9-12)11-22-17-6-2-4-13-3-1-5-15(19(13)17)20(22)24/h1-6,12,14,16H,7-11H2,(H,21,23)/t12-,14-,16+/m0/s1. The Morgan fingerprint density at radius 1 is 1.12 bits per heavy atom. The topological polar surface area (TPSA) is 49.4 Å². The van der Waals surface area contributed by atoms with E-state index in [4.69, 9.17) is 0 Å². The number of nitrogens with one attached hydrogen (secondary N) is 1. The monoisotopic (exact) mass is 320 g/mol. The zero-order valence-electron chi connectivity index (χ0n) is 13.5. The third-order valence-electron chi connectivity index (χ3n) is 6.04. The molecule has 0 aromatic heterocycles. The maximum atomic E-state index is 12.7. The SMILES string of the molecule is O=C(CN1C(=O)c2cccc3cccc1c23)N[C@@H]1C[C@H]2CC[C@H]1C2. The largest absolute Gasteiger partial charge is 0.352 e. The lowest BCUT2D eigenvalue weighted by Gasteiger charge is -2.24. The number of hydrogen-bond donors (Lipinski definition) is 1. The van der Waals surface area contributed by atoms with Gasteiger partial charge >= 0.3 is 0 Å². The molecule has 0 saturated heterocycles. The first-order valence-electron chi connectivity index (χ1n) is 8.83. The predicted octanol–water partition coefficient (Wildman–Crippen LogP) is 3.10. The molecule has 4 nitrogen and oxygen atoms in total. The van der Waals surface area contributed by atoms with Gasteiger partial charge in [-0.3, -0.25) is 14.5 Å². The van der Waals surface area contributed by atoms with E-state index in [9.17, 15) is 9.59 Å². The summed E-state index contributed by atoms with van der Waals surface area (Å²) in [6.45, 7) is 0.112. The number of nitrogens with zero attached hydrogens (tertiary/aromatic N) is 1. The van der Waals surface area contributed by atoms with Gasteiger partial charge in [0.1, 0.15) is 6.54 Å². The summed E-state index contributed by atoms with van der Waals surface area (Å²) in [4.78, 5) is 26.9. The summed E-state index contributed by atoms with van der Waals surface area (Å²) in [7, 11) is 0. The molecule has 3 aliphatic rings. The summed E-state index contributed by atoms with van der Waals surface area (Å²) < 4.78 is 0. The quantitative estimate of drug-likeness (QED) is 0.945. The van der Waals surface area contributed by atoms with Crippen molar-refractivity contribution in [2.24, 2.45) is 11.8 Å². The lowest BCUT2D eigenvalue weighted by atomic mass is 9.95. The summed E-state index contributed by atoms with van der Waals surface area (Å²) in [5.74, 6) is 1.34. The Hall–Kier alpha value is -2.36. The van der Waals surface area contributed by atoms with Gasteiger partial charge < -0.3 is 5.32 Å². The Bertz CT molecular complexity index is 855. The Balaban J connectivity index is 1.37. The second kappa shape index (κ2) is 5.07. The molecule has 2 aliphatic carbocycles. The maximum absolute atomic E-state index is 12.7. The van der Waals surface area contributed by atoms with Crippen LogP contribution in [0.4, 0.5) is 5.69 Å². The fourth-order valence-electron chi connectivity index (χ4n) is 4.95. The van der Waals surface area contributed by atoms with Crippen molar-refractivity contribution >= 4 is 28.3 Å². The van der Waals surface area contributed by atoms with Gasteiger partial charge in [0, 0.05) is 17.0 Å². The number of benzene rings is 2. The van der Waals surface area contributed by atoms with E-state index in [2.05, 4.69) is 5.32 Å². The zero-order chi connectivity index (χ0) is 16.3. The van der Waals surface area contributed by atoms with Crippen LogP contribution < -0.4 is 10.2 Å². The first kappa shape index (κ1) is 14.0. The van der Waals surface area contributed by atoms with Crippen LogP contribution in [-0.4, -0.2) is 24.4 Å². The molecule has 2 bridgehead atoms. The fourth-order valence-corrected chi connectivity index (χ4v) is 4.95. The van der Waals surface area contributed by atoms with E-state index < -0.39 is 0 Å². The molecule has 1 heterocycles. The molecule has 24 heavy (non-hydrogen) atoms. The molecule has 122 valence electrons. The minimum atomic E-state index is -0.0649. The van der Waals surface area contributed by atoms with E-state index in [-0.39, 0.29) is 18.4 Å². The van der Waals surface area contributed by atoms with Crippen LogP contribution in [0.3, 0.4) is 0 Å². The molecule has 2 aromatic carbocycles. The van der Waals surface area contributed by atoms with E-state index >= 15 is 0 Å². The van der Waals surface area contributed by atoms with Crippen molar-refractivity contribution in [1.82, 2.24) is 5.32 Å². The molecular formula is C20H20N2O2. The summed E-state index contributed by atoms with van der Waals surface area (Å²) in [6, 6.07) is 12.0. The molecule has 0 radical (unpaired) electrons. The highest BCUT2D eigenvalue weighted by atomic mass is 16.2. The Labute approximate surface area is 140 Å². The molecule has 2 aromatic rings. The third-order valence-corrected chi connectivity index (χ3v) is 6.04. The van der Waals surface area contributed by atoms with Crippen molar-refractivity contribution in [2.45, 2.75) is 31.7 Å². The van der Waals surface area contributed by atoms with Crippen LogP contribution in [0.25, 0.3) is 10.8 Å². The van der Waals surface area contributed by atoms with Gasteiger partial charge in [0.15, 0.2) is 0 Å². The molecule has 4 heteroatoms. The Kier molecular flexibility index (Phi) is 2.96. The fraction of sp³-hybridized carbons (Fsp3) is 0.400. The molecule has 5 rings (SSSR count). The first-order chi connectivity index (χ1) is 11.7. The van der Waals surface area contributed by atoms with Gasteiger partial charge in [0.25, 0.3) is 5.91 Å². The average Bonchev–Trinajstić information content (AvgIpc) is 3.26. The summed E-state index contributed by atoms with van der Waals surface area (Å²) in [6.07, 6.45) is 4.93. The van der Waals surface area contributed by atoms with Crippen LogP contribution in [-0.2, 0) is 4.79 Å². The van der Waals surface area contributed by atoms with Gasteiger partial charge in [0.05, 0.1) is 5.69 Å². The van der Waals surface area contributed by atoms with Crippen molar-refractivity contribution < 1.29 is 9.59 Å². The van der Waals surface area contributed by atoms with Crippen LogP contribution in [0.15, 0.2) is 36.4 Å². The van der Waals surface area contributed by atoms with Gasteiger partial charge in [0.2, 0.25) is 5.91 Å². The molecule has 2 amide bonds. The number of rotatable bonds is 3. The van der Waals surface area contributed by atoms with Gasteiger partial charge in [-0.05, 0) is 48.6 Å². The summed E-state index contributed by atoms with van der Waals surface area (Å²) >= 11 is 0. The molecule has 2 fully saturated rings. The number of fused-ring (bicyclic) bond motifs is 2. The van der Waals surface area contributed by atoms with Crippen molar-refractivity contribution in [1.29, 1.82) is 0 Å². The summed E-state index contributed by atoms with van der Waals surface area (Å²) in [5, 5.41) is 5.20. The molecule has 2 saturated carbocycles. The van der Waals surface area contributed by atoms with Gasteiger partial charge in [-0.15, -0.1) is 0 Å². The number of hydrogen-bond acceptors (Lipinski definition) is 2. The van der Waals surface area contributed by atoms with Crippen LogP contribution in [0, 0.1) is 11.8 Å². The lowest BCUT2D eigenvalue weighted by molar-refractivity contribution is -0.120. The number of carbonyl (C=O) groups is 2. The van der Waals surface area contributed by atoms with Crippen molar-refractivity contribution in [3.63, 3.8) is 0 Å². The van der Waals surface area contributed by atoms with E-state index in [1.54, 1.807) is 4.90 Å². The molecule has 3 atom stereocenters. The second-order valence-corrected chi connectivity index (χ2v) is 7.42. The van der Waals surface area contributed by atoms with Gasteiger partial charge in [-0.1, -0.05) is 30.7 Å². The molecule has 1 aliphatic heterocycles. The van der Waals surface area contributed by atoms with Crippen molar-refractivity contribution in [3.05, 3.63) is 42.0 Å². The minimum absolute atomic E-state index is 0.0364. The highest BCUT2D eigenvalue weighted by molar-refractivity contribution is 6.26. The predicted molar refractivity (Wildman–Crippen MR) is 93.0 cm³/mol. The molecule has 1 N–H and O–H groups in total. The molecule has 0 unspecified atom stereocenters. The van der Waals surface area contributed by atoms with Gasteiger partial charge in [-0.2, -0.15) is 0 Å². The Morgan fingerprint density at radius 2 is 1.96 bits per heavy atom. The van der Waals surface area contributed by atoms with E-state index in [1.165, 1.54) is 19.3 Å². The van der Waals surface area contributed by atoms with Crippen molar-refractivity contribution in [3.8, 4) is 0 Å². The van der Waals surface area contributed by atoms with Crippen LogP contribution in [0.5, 0.6) is 0 Å². The lowest BCUT2D eigenvalue weighted by Crippen LogP contribution is -2.45. The summed E-state index contributed by atoms with van der Waals surface area (Å²) in [5.41, 5.74) is 1.56. The van der Waals surface area contributed by atoms with Crippen LogP contribution >= 0.6 is 0 Å². The first-order valence-corrected chi connectivity index (χ1v) is 8.83. The maximum Gasteiger partial charge on any atom is 0.259 e. The molecule has 0 spiro atoms.